The van der Waals surface area contributed by atoms with Crippen molar-refractivity contribution in [3.8, 4) is 0 Å². The van der Waals surface area contributed by atoms with Gasteiger partial charge in [-0.2, -0.15) is 0 Å². The summed E-state index contributed by atoms with van der Waals surface area (Å²) < 4.78 is 8.10. The largest absolute Gasteiger partial charge is 0.477 e. The Balaban J connectivity index is 1.55. The van der Waals surface area contributed by atoms with Crippen LogP contribution in [0.1, 0.15) is 52.5 Å². The molecule has 1 aromatic heterocycles. The Labute approximate surface area is 161 Å². The second-order valence-corrected chi connectivity index (χ2v) is 8.12. The molecule has 6 rings (SSSR count). The zero-order valence-corrected chi connectivity index (χ0v) is 15.3. The van der Waals surface area contributed by atoms with Crippen molar-refractivity contribution in [1.29, 1.82) is 0 Å². The van der Waals surface area contributed by atoms with E-state index in [1.54, 1.807) is 0 Å². The standard InChI is InChI=1S/C22H20N2O4/c25-19-9-18-14-8-13-12(2-1-3-16(13)23-11-4-5-11)20(14)21-17(6-7-28-21)24(18)10-15(19)22(26)27/h1-3,9-11,17,21,23H,4-8H2,(H,26,27)/t17-,21+/m1/s1. The third-order valence-electron chi connectivity index (χ3n) is 6.40. The second kappa shape index (κ2) is 5.58. The minimum absolute atomic E-state index is 0.0263. The van der Waals surface area contributed by atoms with Crippen molar-refractivity contribution in [2.75, 3.05) is 11.9 Å². The molecule has 3 heterocycles. The van der Waals surface area contributed by atoms with Gasteiger partial charge in [-0.3, -0.25) is 4.79 Å². The highest BCUT2D eigenvalue weighted by atomic mass is 16.5. The van der Waals surface area contributed by atoms with Gasteiger partial charge < -0.3 is 19.7 Å². The Kier molecular flexibility index (Phi) is 3.21. The monoisotopic (exact) mass is 376 g/mol. The number of carboxylic acids is 1. The Hall–Kier alpha value is -2.86. The number of benzene rings is 1. The number of carboxylic acid groups (broad SMARTS) is 1. The summed E-state index contributed by atoms with van der Waals surface area (Å²) in [5, 5.41) is 13.0. The van der Waals surface area contributed by atoms with E-state index >= 15 is 0 Å². The van der Waals surface area contributed by atoms with Crippen molar-refractivity contribution in [2.24, 2.45) is 0 Å². The van der Waals surface area contributed by atoms with Gasteiger partial charge >= 0.3 is 5.97 Å². The molecule has 0 unspecified atom stereocenters. The lowest BCUT2D eigenvalue weighted by Crippen LogP contribution is -2.31. The smallest absolute Gasteiger partial charge is 0.341 e. The van der Waals surface area contributed by atoms with E-state index in [9.17, 15) is 14.7 Å². The van der Waals surface area contributed by atoms with E-state index in [-0.39, 0.29) is 17.7 Å². The second-order valence-electron chi connectivity index (χ2n) is 8.12. The van der Waals surface area contributed by atoms with Crippen LogP contribution in [0.25, 0.3) is 11.1 Å². The molecule has 2 aliphatic heterocycles. The highest BCUT2D eigenvalue weighted by molar-refractivity contribution is 6.01. The molecule has 1 saturated carbocycles. The van der Waals surface area contributed by atoms with Crippen LogP contribution in [-0.2, 0) is 11.2 Å². The van der Waals surface area contributed by atoms with E-state index in [1.807, 2.05) is 4.57 Å². The average Bonchev–Trinajstić information content (AvgIpc) is 3.20. The molecule has 0 amide bonds. The third kappa shape index (κ3) is 2.18. The molecule has 0 bridgehead atoms. The van der Waals surface area contributed by atoms with Crippen molar-refractivity contribution < 1.29 is 14.6 Å². The summed E-state index contributed by atoms with van der Waals surface area (Å²) in [5.74, 6) is -1.18. The molecule has 2 N–H and O–H groups in total. The summed E-state index contributed by atoms with van der Waals surface area (Å²) in [5.41, 5.74) is 6.14. The first kappa shape index (κ1) is 16.1. The minimum Gasteiger partial charge on any atom is -0.477 e. The van der Waals surface area contributed by atoms with Crippen LogP contribution in [0.3, 0.4) is 0 Å². The molecule has 2 aromatic rings. The molecule has 6 heteroatoms. The van der Waals surface area contributed by atoms with Gasteiger partial charge in [0, 0.05) is 42.7 Å². The molecule has 2 atom stereocenters. The molecule has 1 aromatic carbocycles. The number of hydrogen-bond donors (Lipinski definition) is 2. The maximum Gasteiger partial charge on any atom is 0.341 e. The molecule has 0 radical (unpaired) electrons. The molecule has 1 saturated heterocycles. The molecular weight excluding hydrogens is 356 g/mol. The number of rotatable bonds is 3. The fourth-order valence-electron chi connectivity index (χ4n) is 4.97. The van der Waals surface area contributed by atoms with Crippen LogP contribution in [0.5, 0.6) is 0 Å². The number of pyridine rings is 1. The number of hydrogen-bond acceptors (Lipinski definition) is 4. The van der Waals surface area contributed by atoms with E-state index in [0.29, 0.717) is 12.6 Å². The van der Waals surface area contributed by atoms with Gasteiger partial charge in [0.25, 0.3) is 0 Å². The van der Waals surface area contributed by atoms with E-state index in [2.05, 4.69) is 23.5 Å². The maximum atomic E-state index is 12.4. The topological polar surface area (TPSA) is 80.6 Å². The number of fused-ring (bicyclic) bond motifs is 7. The summed E-state index contributed by atoms with van der Waals surface area (Å²) in [6.45, 7) is 0.634. The average molecular weight is 376 g/mol. The van der Waals surface area contributed by atoms with Crippen LogP contribution in [0.4, 0.5) is 5.69 Å². The highest BCUT2D eigenvalue weighted by Crippen LogP contribution is 2.51. The van der Waals surface area contributed by atoms with E-state index < -0.39 is 11.4 Å². The van der Waals surface area contributed by atoms with Crippen LogP contribution in [0, 0.1) is 0 Å². The SMILES string of the molecule is O=C(O)c1cn2c(cc1=O)C1=C(c3cccc(NC4CC4)c3C1)[C@H]1OCC[C@H]12. The number of aromatic carboxylic acids is 1. The Morgan fingerprint density at radius 2 is 2.11 bits per heavy atom. The maximum absolute atomic E-state index is 12.4. The Morgan fingerprint density at radius 1 is 1.25 bits per heavy atom. The number of anilines is 1. The van der Waals surface area contributed by atoms with Crippen molar-refractivity contribution in [1.82, 2.24) is 4.57 Å². The van der Waals surface area contributed by atoms with Gasteiger partial charge in [-0.15, -0.1) is 0 Å². The number of nitrogens with one attached hydrogen (secondary N) is 1. The first-order valence-electron chi connectivity index (χ1n) is 9.85. The number of allylic oxidation sites excluding steroid dienone is 1. The van der Waals surface area contributed by atoms with Gasteiger partial charge in [0.1, 0.15) is 11.7 Å². The molecule has 28 heavy (non-hydrogen) atoms. The third-order valence-corrected chi connectivity index (χ3v) is 6.40. The molecule has 0 spiro atoms. The quantitative estimate of drug-likeness (QED) is 0.861. The first-order chi connectivity index (χ1) is 13.6. The number of carbonyl (C=O) groups is 1. The summed E-state index contributed by atoms with van der Waals surface area (Å²) in [6.07, 6.45) is 5.39. The van der Waals surface area contributed by atoms with Gasteiger partial charge in [-0.1, -0.05) is 12.1 Å². The predicted molar refractivity (Wildman–Crippen MR) is 105 cm³/mol. The van der Waals surface area contributed by atoms with Crippen LogP contribution < -0.4 is 10.7 Å². The van der Waals surface area contributed by atoms with Gasteiger partial charge in [-0.05, 0) is 47.6 Å². The lowest BCUT2D eigenvalue weighted by molar-refractivity contribution is 0.0693. The number of ether oxygens (including phenoxy) is 1. The summed E-state index contributed by atoms with van der Waals surface area (Å²) >= 11 is 0. The van der Waals surface area contributed by atoms with Crippen molar-refractivity contribution >= 4 is 22.8 Å². The summed E-state index contributed by atoms with van der Waals surface area (Å²) in [7, 11) is 0. The highest BCUT2D eigenvalue weighted by Gasteiger charge is 2.43. The van der Waals surface area contributed by atoms with E-state index in [1.165, 1.54) is 47.5 Å². The normalized spacial score (nSPS) is 24.4. The van der Waals surface area contributed by atoms with E-state index in [0.717, 1.165) is 24.1 Å². The van der Waals surface area contributed by atoms with Gasteiger partial charge in [-0.25, -0.2) is 4.79 Å². The lowest BCUT2D eigenvalue weighted by Gasteiger charge is -2.32. The van der Waals surface area contributed by atoms with Crippen molar-refractivity contribution in [3.05, 3.63) is 63.1 Å². The minimum atomic E-state index is -1.18. The number of aromatic nitrogens is 1. The molecule has 6 nitrogen and oxygen atoms in total. The number of nitrogens with zero attached hydrogens (tertiary/aromatic N) is 1. The van der Waals surface area contributed by atoms with Gasteiger partial charge in [0.15, 0.2) is 5.43 Å². The van der Waals surface area contributed by atoms with Crippen molar-refractivity contribution in [2.45, 2.75) is 43.9 Å². The van der Waals surface area contributed by atoms with Gasteiger partial charge in [0.05, 0.1) is 6.04 Å². The molecule has 2 fully saturated rings. The summed E-state index contributed by atoms with van der Waals surface area (Å²) in [4.78, 5) is 23.9. The van der Waals surface area contributed by atoms with Crippen LogP contribution in [-0.4, -0.2) is 34.4 Å². The Bertz CT molecular complexity index is 1130. The predicted octanol–water partition coefficient (Wildman–Crippen LogP) is 2.93. The fourth-order valence-corrected chi connectivity index (χ4v) is 4.97. The summed E-state index contributed by atoms with van der Waals surface area (Å²) in [6, 6.07) is 8.45. The lowest BCUT2D eigenvalue weighted by atomic mass is 9.89. The van der Waals surface area contributed by atoms with E-state index in [4.69, 9.17) is 4.74 Å². The molecule has 2 aliphatic carbocycles. The zero-order chi connectivity index (χ0) is 19.0. The molecule has 4 aliphatic rings. The Morgan fingerprint density at radius 3 is 2.89 bits per heavy atom. The molecular formula is C22H20N2O4. The van der Waals surface area contributed by atoms with Crippen LogP contribution in [0.15, 0.2) is 35.3 Å². The van der Waals surface area contributed by atoms with Crippen molar-refractivity contribution in [3.63, 3.8) is 0 Å². The first-order valence-corrected chi connectivity index (χ1v) is 9.85. The van der Waals surface area contributed by atoms with Crippen LogP contribution >= 0.6 is 0 Å². The molecule has 142 valence electrons. The van der Waals surface area contributed by atoms with Gasteiger partial charge in [0.2, 0.25) is 0 Å². The fraction of sp³-hybridized carbons (Fsp3) is 0.364. The zero-order valence-electron chi connectivity index (χ0n) is 15.3. The van der Waals surface area contributed by atoms with Crippen LogP contribution in [0.2, 0.25) is 0 Å².